The number of carboxylic acids is 1. The Balaban J connectivity index is 1.41. The lowest BCUT2D eigenvalue weighted by atomic mass is 10.2. The molecular weight excluding hydrogens is 316 g/mol. The van der Waals surface area contributed by atoms with Gasteiger partial charge in [0.05, 0.1) is 5.56 Å². The molecule has 1 N–H and O–H groups in total. The predicted octanol–water partition coefficient (Wildman–Crippen LogP) is 2.89. The number of aryl methyl sites for hydroxylation is 1. The number of piperazine rings is 1. The number of ether oxygens (including phenoxy) is 1. The molecule has 0 spiro atoms. The van der Waals surface area contributed by atoms with E-state index >= 15 is 0 Å². The van der Waals surface area contributed by atoms with Gasteiger partial charge in [-0.1, -0.05) is 12.1 Å². The lowest BCUT2D eigenvalue weighted by Crippen LogP contribution is -2.47. The fourth-order valence-corrected chi connectivity index (χ4v) is 3.04. The molecule has 0 atom stereocenters. The lowest BCUT2D eigenvalue weighted by Gasteiger charge is -2.36. The molecule has 1 saturated heterocycles. The Bertz CT molecular complexity index is 707. The van der Waals surface area contributed by atoms with Crippen LogP contribution in [0.1, 0.15) is 15.9 Å². The molecule has 1 aliphatic rings. The van der Waals surface area contributed by atoms with Crippen molar-refractivity contribution in [2.75, 3.05) is 44.2 Å². The fraction of sp³-hybridized carbons (Fsp3) is 0.350. The summed E-state index contributed by atoms with van der Waals surface area (Å²) in [5.41, 5.74) is 2.87. The van der Waals surface area contributed by atoms with Gasteiger partial charge >= 0.3 is 5.97 Å². The van der Waals surface area contributed by atoms with Gasteiger partial charge in [-0.2, -0.15) is 0 Å². The van der Waals surface area contributed by atoms with Gasteiger partial charge in [0.25, 0.3) is 0 Å². The summed E-state index contributed by atoms with van der Waals surface area (Å²) >= 11 is 0. The van der Waals surface area contributed by atoms with Gasteiger partial charge in [-0.3, -0.25) is 4.90 Å². The molecule has 0 aromatic heterocycles. The zero-order valence-corrected chi connectivity index (χ0v) is 14.5. The van der Waals surface area contributed by atoms with E-state index < -0.39 is 5.97 Å². The standard InChI is InChI=1S/C20H24N2O3/c1-16-3-2-4-18(15-16)22-11-9-21(10-12-22)13-14-25-19-7-5-17(6-8-19)20(23)24/h2-8,15H,9-14H2,1H3,(H,23,24). The Morgan fingerprint density at radius 3 is 2.44 bits per heavy atom. The minimum atomic E-state index is -0.918. The molecule has 25 heavy (non-hydrogen) atoms. The normalized spacial score (nSPS) is 15.2. The molecule has 0 aliphatic carbocycles. The number of carbonyl (C=O) groups is 1. The smallest absolute Gasteiger partial charge is 0.335 e. The minimum absolute atomic E-state index is 0.277. The molecule has 132 valence electrons. The van der Waals surface area contributed by atoms with Gasteiger partial charge in [0.2, 0.25) is 0 Å². The van der Waals surface area contributed by atoms with Crippen LogP contribution < -0.4 is 9.64 Å². The minimum Gasteiger partial charge on any atom is -0.492 e. The van der Waals surface area contributed by atoms with E-state index in [0.717, 1.165) is 32.7 Å². The van der Waals surface area contributed by atoms with E-state index in [1.54, 1.807) is 24.3 Å². The average molecular weight is 340 g/mol. The number of rotatable bonds is 6. The molecule has 0 amide bonds. The fourth-order valence-electron chi connectivity index (χ4n) is 3.04. The highest BCUT2D eigenvalue weighted by Crippen LogP contribution is 2.18. The molecule has 5 nitrogen and oxygen atoms in total. The first-order valence-electron chi connectivity index (χ1n) is 8.62. The van der Waals surface area contributed by atoms with Gasteiger partial charge in [-0.25, -0.2) is 4.79 Å². The maximum absolute atomic E-state index is 10.8. The topological polar surface area (TPSA) is 53.0 Å². The van der Waals surface area contributed by atoms with Crippen molar-refractivity contribution in [3.8, 4) is 5.75 Å². The van der Waals surface area contributed by atoms with Crippen molar-refractivity contribution >= 4 is 11.7 Å². The molecular formula is C20H24N2O3. The van der Waals surface area contributed by atoms with Gasteiger partial charge < -0.3 is 14.7 Å². The summed E-state index contributed by atoms with van der Waals surface area (Å²) in [4.78, 5) is 15.7. The van der Waals surface area contributed by atoms with E-state index in [0.29, 0.717) is 12.4 Å². The van der Waals surface area contributed by atoms with Crippen LogP contribution in [0.15, 0.2) is 48.5 Å². The van der Waals surface area contributed by atoms with Crippen molar-refractivity contribution in [1.29, 1.82) is 0 Å². The number of aromatic carboxylic acids is 1. The van der Waals surface area contributed by atoms with Crippen LogP contribution in [0.3, 0.4) is 0 Å². The van der Waals surface area contributed by atoms with Crippen LogP contribution in [-0.4, -0.2) is 55.3 Å². The lowest BCUT2D eigenvalue weighted by molar-refractivity contribution is 0.0697. The summed E-state index contributed by atoms with van der Waals surface area (Å²) in [5.74, 6) is -0.207. The molecule has 5 heteroatoms. The quantitative estimate of drug-likeness (QED) is 0.876. The van der Waals surface area contributed by atoms with Crippen LogP contribution in [-0.2, 0) is 0 Å². The van der Waals surface area contributed by atoms with Crippen LogP contribution in [0.2, 0.25) is 0 Å². The zero-order chi connectivity index (χ0) is 17.6. The highest BCUT2D eigenvalue weighted by Gasteiger charge is 2.17. The van der Waals surface area contributed by atoms with Gasteiger partial charge in [0, 0.05) is 38.4 Å². The van der Waals surface area contributed by atoms with E-state index in [1.165, 1.54) is 11.3 Å². The van der Waals surface area contributed by atoms with Crippen molar-refractivity contribution in [2.24, 2.45) is 0 Å². The number of anilines is 1. The van der Waals surface area contributed by atoms with E-state index in [4.69, 9.17) is 9.84 Å². The second kappa shape index (κ2) is 8.03. The number of hydrogen-bond donors (Lipinski definition) is 1. The third kappa shape index (κ3) is 4.73. The van der Waals surface area contributed by atoms with Crippen molar-refractivity contribution in [2.45, 2.75) is 6.92 Å². The molecule has 0 bridgehead atoms. The molecule has 0 unspecified atom stereocenters. The SMILES string of the molecule is Cc1cccc(N2CCN(CCOc3ccc(C(=O)O)cc3)CC2)c1. The first kappa shape index (κ1) is 17.3. The second-order valence-electron chi connectivity index (χ2n) is 6.35. The summed E-state index contributed by atoms with van der Waals surface area (Å²) in [7, 11) is 0. The van der Waals surface area contributed by atoms with E-state index in [-0.39, 0.29) is 5.56 Å². The van der Waals surface area contributed by atoms with Gasteiger partial charge in [0.1, 0.15) is 12.4 Å². The molecule has 0 radical (unpaired) electrons. The van der Waals surface area contributed by atoms with Gasteiger partial charge in [0.15, 0.2) is 0 Å². The van der Waals surface area contributed by atoms with Crippen LogP contribution >= 0.6 is 0 Å². The maximum atomic E-state index is 10.8. The van der Waals surface area contributed by atoms with Crippen LogP contribution in [0.5, 0.6) is 5.75 Å². The summed E-state index contributed by atoms with van der Waals surface area (Å²) in [5, 5.41) is 8.89. The third-order valence-corrected chi connectivity index (χ3v) is 4.52. The zero-order valence-electron chi connectivity index (χ0n) is 14.5. The van der Waals surface area contributed by atoms with E-state index in [9.17, 15) is 4.79 Å². The Hall–Kier alpha value is -2.53. The van der Waals surface area contributed by atoms with E-state index in [1.807, 2.05) is 0 Å². The Morgan fingerprint density at radius 2 is 1.80 bits per heavy atom. The van der Waals surface area contributed by atoms with Crippen molar-refractivity contribution in [3.63, 3.8) is 0 Å². The largest absolute Gasteiger partial charge is 0.492 e. The number of nitrogens with zero attached hydrogens (tertiary/aromatic N) is 2. The monoisotopic (exact) mass is 340 g/mol. The average Bonchev–Trinajstić information content (AvgIpc) is 2.63. The van der Waals surface area contributed by atoms with Crippen LogP contribution in [0, 0.1) is 6.92 Å². The summed E-state index contributed by atoms with van der Waals surface area (Å²) < 4.78 is 5.72. The maximum Gasteiger partial charge on any atom is 0.335 e. The number of benzene rings is 2. The van der Waals surface area contributed by atoms with Crippen LogP contribution in [0.4, 0.5) is 5.69 Å². The Kier molecular flexibility index (Phi) is 5.56. The molecule has 1 fully saturated rings. The molecule has 0 saturated carbocycles. The molecule has 1 aliphatic heterocycles. The van der Waals surface area contributed by atoms with Crippen molar-refractivity contribution < 1.29 is 14.6 Å². The molecule has 3 rings (SSSR count). The van der Waals surface area contributed by atoms with Crippen LogP contribution in [0.25, 0.3) is 0 Å². The Labute approximate surface area is 148 Å². The highest BCUT2D eigenvalue weighted by atomic mass is 16.5. The predicted molar refractivity (Wildman–Crippen MR) is 98.7 cm³/mol. The molecule has 2 aromatic carbocycles. The number of hydrogen-bond acceptors (Lipinski definition) is 4. The third-order valence-electron chi connectivity index (χ3n) is 4.52. The van der Waals surface area contributed by atoms with Crippen molar-refractivity contribution in [1.82, 2.24) is 4.90 Å². The summed E-state index contributed by atoms with van der Waals surface area (Å²) in [6.07, 6.45) is 0. The van der Waals surface area contributed by atoms with Crippen molar-refractivity contribution in [3.05, 3.63) is 59.7 Å². The summed E-state index contributed by atoms with van der Waals surface area (Å²) in [6.45, 7) is 7.71. The summed E-state index contributed by atoms with van der Waals surface area (Å²) in [6, 6.07) is 15.2. The van der Waals surface area contributed by atoms with Gasteiger partial charge in [-0.05, 0) is 48.9 Å². The highest BCUT2D eigenvalue weighted by molar-refractivity contribution is 5.87. The molecule has 2 aromatic rings. The first-order valence-corrected chi connectivity index (χ1v) is 8.62. The first-order chi connectivity index (χ1) is 12.1. The second-order valence-corrected chi connectivity index (χ2v) is 6.35. The molecule has 1 heterocycles. The Morgan fingerprint density at radius 1 is 1.08 bits per heavy atom. The van der Waals surface area contributed by atoms with Gasteiger partial charge in [-0.15, -0.1) is 0 Å². The number of carboxylic acid groups (broad SMARTS) is 1. The van der Waals surface area contributed by atoms with E-state index in [2.05, 4.69) is 41.0 Å².